The van der Waals surface area contributed by atoms with E-state index in [0.29, 0.717) is 23.8 Å². The van der Waals surface area contributed by atoms with Gasteiger partial charge in [-0.2, -0.15) is 0 Å². The molecule has 0 amide bonds. The van der Waals surface area contributed by atoms with Crippen LogP contribution in [0.2, 0.25) is 0 Å². The Kier molecular flexibility index (Phi) is 3.08. The van der Waals surface area contributed by atoms with Crippen molar-refractivity contribution < 1.29 is 19.1 Å². The zero-order valence-corrected chi connectivity index (χ0v) is 11.2. The first kappa shape index (κ1) is 12.9. The zero-order chi connectivity index (χ0) is 14.2. The van der Waals surface area contributed by atoms with Crippen molar-refractivity contribution in [3.05, 3.63) is 36.4 Å². The number of hydrogen-bond acceptors (Lipinski definition) is 4. The highest BCUT2D eigenvalue weighted by atomic mass is 16.5. The van der Waals surface area contributed by atoms with Crippen LogP contribution < -0.4 is 9.47 Å². The lowest BCUT2D eigenvalue weighted by Gasteiger charge is -2.26. The minimum absolute atomic E-state index is 0.0178. The number of carbonyl (C=O) groups is 2. The summed E-state index contributed by atoms with van der Waals surface area (Å²) in [5, 5.41) is 0. The lowest BCUT2D eigenvalue weighted by molar-refractivity contribution is -0.150. The zero-order valence-electron chi connectivity index (χ0n) is 11.2. The van der Waals surface area contributed by atoms with Crippen molar-refractivity contribution in [2.75, 3.05) is 7.11 Å². The van der Waals surface area contributed by atoms with Crippen LogP contribution in [0.1, 0.15) is 12.8 Å². The Balaban J connectivity index is 1.78. The third kappa shape index (κ3) is 1.92. The average Bonchev–Trinajstić information content (AvgIpc) is 3.09. The molecule has 0 heterocycles. The fourth-order valence-corrected chi connectivity index (χ4v) is 3.16. The SMILES string of the molecule is COc1ccc(OC(=O)[C@@]2(C=O)C[C@@H]3C=C[C@H]2C3)cc1. The Morgan fingerprint density at radius 2 is 1.95 bits per heavy atom. The monoisotopic (exact) mass is 272 g/mol. The number of allylic oxidation sites excluding steroid dienone is 2. The summed E-state index contributed by atoms with van der Waals surface area (Å²) in [5.74, 6) is 0.986. The van der Waals surface area contributed by atoms with Crippen molar-refractivity contribution in [1.29, 1.82) is 0 Å². The van der Waals surface area contributed by atoms with E-state index in [4.69, 9.17) is 9.47 Å². The maximum Gasteiger partial charge on any atom is 0.325 e. The summed E-state index contributed by atoms with van der Waals surface area (Å²) < 4.78 is 10.4. The van der Waals surface area contributed by atoms with Crippen LogP contribution in [0.5, 0.6) is 11.5 Å². The molecule has 104 valence electrons. The average molecular weight is 272 g/mol. The standard InChI is InChI=1S/C16H16O4/c1-19-13-4-6-14(7-5-13)20-15(18)16(10-17)9-11-2-3-12(16)8-11/h2-7,10-12H,8-9H2,1H3/t11-,12+,16-/m1/s1. The van der Waals surface area contributed by atoms with Gasteiger partial charge in [0, 0.05) is 5.92 Å². The Morgan fingerprint density at radius 1 is 1.25 bits per heavy atom. The topological polar surface area (TPSA) is 52.6 Å². The van der Waals surface area contributed by atoms with E-state index in [1.165, 1.54) is 0 Å². The lowest BCUT2D eigenvalue weighted by atomic mass is 9.77. The molecule has 1 saturated carbocycles. The smallest absolute Gasteiger partial charge is 0.325 e. The fourth-order valence-electron chi connectivity index (χ4n) is 3.16. The van der Waals surface area contributed by atoms with E-state index >= 15 is 0 Å². The molecule has 2 aliphatic carbocycles. The molecule has 0 spiro atoms. The van der Waals surface area contributed by atoms with Gasteiger partial charge >= 0.3 is 5.97 Å². The van der Waals surface area contributed by atoms with Gasteiger partial charge in [0.05, 0.1) is 7.11 Å². The molecule has 1 fully saturated rings. The summed E-state index contributed by atoms with van der Waals surface area (Å²) in [6.45, 7) is 0. The van der Waals surface area contributed by atoms with E-state index in [-0.39, 0.29) is 5.92 Å². The largest absolute Gasteiger partial charge is 0.497 e. The minimum atomic E-state index is -1.00. The molecule has 0 saturated heterocycles. The molecule has 4 heteroatoms. The predicted octanol–water partition coefficient (Wildman–Crippen LogP) is 2.38. The first-order valence-corrected chi connectivity index (χ1v) is 6.69. The molecule has 0 radical (unpaired) electrons. The second-order valence-corrected chi connectivity index (χ2v) is 5.41. The van der Waals surface area contributed by atoms with E-state index in [1.807, 2.05) is 6.08 Å². The Morgan fingerprint density at radius 3 is 2.45 bits per heavy atom. The van der Waals surface area contributed by atoms with Crippen LogP contribution in [-0.2, 0) is 9.59 Å². The number of benzene rings is 1. The lowest BCUT2D eigenvalue weighted by Crippen LogP contribution is -2.40. The summed E-state index contributed by atoms with van der Waals surface area (Å²) in [6, 6.07) is 6.77. The molecule has 2 bridgehead atoms. The minimum Gasteiger partial charge on any atom is -0.497 e. The molecule has 1 aromatic carbocycles. The van der Waals surface area contributed by atoms with Gasteiger partial charge in [-0.05, 0) is 43.0 Å². The summed E-state index contributed by atoms with van der Waals surface area (Å²) in [7, 11) is 1.57. The molecular weight excluding hydrogens is 256 g/mol. The molecule has 0 aliphatic heterocycles. The summed E-state index contributed by atoms with van der Waals surface area (Å²) in [4.78, 5) is 23.9. The molecule has 0 unspecified atom stereocenters. The van der Waals surface area contributed by atoms with Gasteiger partial charge in [-0.1, -0.05) is 12.2 Å². The highest BCUT2D eigenvalue weighted by molar-refractivity contribution is 5.96. The number of aldehydes is 1. The summed E-state index contributed by atoms with van der Waals surface area (Å²) in [6.07, 6.45) is 6.26. The highest BCUT2D eigenvalue weighted by Gasteiger charge is 2.54. The molecule has 3 rings (SSSR count). The van der Waals surface area contributed by atoms with Crippen LogP contribution in [0.25, 0.3) is 0 Å². The second-order valence-electron chi connectivity index (χ2n) is 5.41. The van der Waals surface area contributed by atoms with Gasteiger partial charge in [-0.3, -0.25) is 4.79 Å². The van der Waals surface area contributed by atoms with Crippen molar-refractivity contribution in [2.45, 2.75) is 12.8 Å². The third-order valence-electron chi connectivity index (χ3n) is 4.29. The van der Waals surface area contributed by atoms with E-state index in [0.717, 1.165) is 12.7 Å². The number of esters is 1. The number of fused-ring (bicyclic) bond motifs is 2. The normalized spacial score (nSPS) is 30.2. The Hall–Kier alpha value is -2.10. The van der Waals surface area contributed by atoms with Crippen LogP contribution in [-0.4, -0.2) is 19.4 Å². The van der Waals surface area contributed by atoms with Gasteiger partial charge in [0.25, 0.3) is 0 Å². The molecule has 20 heavy (non-hydrogen) atoms. The van der Waals surface area contributed by atoms with Crippen molar-refractivity contribution >= 4 is 12.3 Å². The summed E-state index contributed by atoms with van der Waals surface area (Å²) >= 11 is 0. The van der Waals surface area contributed by atoms with Crippen LogP contribution in [0.3, 0.4) is 0 Å². The molecular formula is C16H16O4. The first-order valence-electron chi connectivity index (χ1n) is 6.69. The van der Waals surface area contributed by atoms with Crippen molar-refractivity contribution in [1.82, 2.24) is 0 Å². The Labute approximate surface area is 117 Å². The molecule has 0 N–H and O–H groups in total. The quantitative estimate of drug-likeness (QED) is 0.278. The molecule has 2 aliphatic rings. The van der Waals surface area contributed by atoms with Gasteiger partial charge in [-0.15, -0.1) is 0 Å². The number of rotatable bonds is 4. The van der Waals surface area contributed by atoms with Crippen LogP contribution in [0, 0.1) is 17.3 Å². The van der Waals surface area contributed by atoms with E-state index < -0.39 is 11.4 Å². The van der Waals surface area contributed by atoms with E-state index in [9.17, 15) is 9.59 Å². The maximum atomic E-state index is 12.4. The number of hydrogen-bond donors (Lipinski definition) is 0. The van der Waals surface area contributed by atoms with Gasteiger partial charge in [-0.25, -0.2) is 0 Å². The molecule has 0 aromatic heterocycles. The van der Waals surface area contributed by atoms with Gasteiger partial charge in [0.2, 0.25) is 0 Å². The second kappa shape index (κ2) is 4.78. The van der Waals surface area contributed by atoms with E-state index in [2.05, 4.69) is 6.08 Å². The number of ether oxygens (including phenoxy) is 2. The molecule has 4 nitrogen and oxygen atoms in total. The van der Waals surface area contributed by atoms with Crippen LogP contribution >= 0.6 is 0 Å². The van der Waals surface area contributed by atoms with Crippen LogP contribution in [0.4, 0.5) is 0 Å². The van der Waals surface area contributed by atoms with Gasteiger partial charge in [0.1, 0.15) is 23.2 Å². The highest BCUT2D eigenvalue weighted by Crippen LogP contribution is 2.51. The molecule has 3 atom stereocenters. The third-order valence-corrected chi connectivity index (χ3v) is 4.29. The van der Waals surface area contributed by atoms with Crippen molar-refractivity contribution in [2.24, 2.45) is 17.3 Å². The first-order chi connectivity index (χ1) is 9.68. The number of methoxy groups -OCH3 is 1. The maximum absolute atomic E-state index is 12.4. The van der Waals surface area contributed by atoms with Crippen molar-refractivity contribution in [3.63, 3.8) is 0 Å². The van der Waals surface area contributed by atoms with Crippen LogP contribution in [0.15, 0.2) is 36.4 Å². The predicted molar refractivity (Wildman–Crippen MR) is 72.5 cm³/mol. The van der Waals surface area contributed by atoms with Crippen molar-refractivity contribution in [3.8, 4) is 11.5 Å². The van der Waals surface area contributed by atoms with E-state index in [1.54, 1.807) is 31.4 Å². The van der Waals surface area contributed by atoms with Gasteiger partial charge in [0.15, 0.2) is 0 Å². The number of carbonyl (C=O) groups excluding carboxylic acids is 2. The summed E-state index contributed by atoms with van der Waals surface area (Å²) in [5.41, 5.74) is -1.00. The fraction of sp³-hybridized carbons (Fsp3) is 0.375. The van der Waals surface area contributed by atoms with Gasteiger partial charge < -0.3 is 14.3 Å². The molecule has 1 aromatic rings. The Bertz CT molecular complexity index is 560.